The second kappa shape index (κ2) is 9.52. The minimum atomic E-state index is -3.35. The van der Waals surface area contributed by atoms with Crippen LogP contribution in [0, 0.1) is 0 Å². The highest BCUT2D eigenvalue weighted by atomic mass is 32.2. The molecule has 3 N–H and O–H groups in total. The summed E-state index contributed by atoms with van der Waals surface area (Å²) in [5.74, 6) is -0.311. The molecular weight excluding hydrogens is 378 g/mol. The van der Waals surface area contributed by atoms with Gasteiger partial charge in [0.05, 0.1) is 4.75 Å². The smallest absolute Gasteiger partial charge is 0.251 e. The molecule has 28 heavy (non-hydrogen) atoms. The largest absolute Gasteiger partial charge is 0.347 e. The van der Waals surface area contributed by atoms with Crippen LogP contribution >= 0.6 is 0 Å². The van der Waals surface area contributed by atoms with Gasteiger partial charge in [-0.25, -0.2) is 13.1 Å². The van der Waals surface area contributed by atoms with Gasteiger partial charge in [0.2, 0.25) is 15.9 Å². The third-order valence-electron chi connectivity index (χ3n) is 3.85. The van der Waals surface area contributed by atoms with E-state index in [2.05, 4.69) is 15.4 Å². The molecule has 0 aliphatic carbocycles. The fourth-order valence-corrected chi connectivity index (χ4v) is 3.02. The van der Waals surface area contributed by atoms with E-state index >= 15 is 0 Å². The van der Waals surface area contributed by atoms with Crippen molar-refractivity contribution in [2.24, 2.45) is 0 Å². The molecule has 0 spiro atoms. The second-order valence-corrected chi connectivity index (χ2v) is 11.3. The number of hydrogen-bond acceptors (Lipinski definition) is 4. The van der Waals surface area contributed by atoms with Crippen LogP contribution in [0.4, 0.5) is 5.69 Å². The van der Waals surface area contributed by atoms with Crippen molar-refractivity contribution in [1.82, 2.24) is 10.0 Å². The molecule has 7 nitrogen and oxygen atoms in total. The van der Waals surface area contributed by atoms with E-state index in [1.165, 1.54) is 0 Å². The molecule has 1 rings (SSSR count). The molecule has 0 aliphatic rings. The maximum absolute atomic E-state index is 12.1. The van der Waals surface area contributed by atoms with Gasteiger partial charge in [-0.3, -0.25) is 9.59 Å². The lowest BCUT2D eigenvalue weighted by Crippen LogP contribution is -2.40. The third-order valence-corrected chi connectivity index (χ3v) is 6.04. The molecule has 8 heteroatoms. The average Bonchev–Trinajstić information content (AvgIpc) is 2.52. The first kappa shape index (κ1) is 24.1. The monoisotopic (exact) mass is 411 g/mol. The number of benzene rings is 1. The Morgan fingerprint density at radius 1 is 0.929 bits per heavy atom. The number of carbonyl (C=O) groups excluding carboxylic acids is 2. The predicted octanol–water partition coefficient (Wildman–Crippen LogP) is 3.04. The molecule has 0 heterocycles. The highest BCUT2D eigenvalue weighted by Gasteiger charge is 2.27. The maximum Gasteiger partial charge on any atom is 0.251 e. The van der Waals surface area contributed by atoms with E-state index in [0.29, 0.717) is 37.1 Å². The Balaban J connectivity index is 2.39. The molecule has 0 unspecified atom stereocenters. The van der Waals surface area contributed by atoms with Crippen LogP contribution in [-0.2, 0) is 14.8 Å². The molecule has 0 fully saturated rings. The van der Waals surface area contributed by atoms with E-state index in [4.69, 9.17) is 0 Å². The number of rotatable bonds is 8. The van der Waals surface area contributed by atoms with Gasteiger partial charge < -0.3 is 10.6 Å². The van der Waals surface area contributed by atoms with Gasteiger partial charge in [-0.15, -0.1) is 0 Å². The highest BCUT2D eigenvalue weighted by molar-refractivity contribution is 7.90. The molecule has 0 radical (unpaired) electrons. The molecule has 0 saturated carbocycles. The fraction of sp³-hybridized carbons (Fsp3) is 0.600. The number of hydrogen-bond donors (Lipinski definition) is 3. The zero-order valence-corrected chi connectivity index (χ0v) is 18.5. The Labute approximate surface area is 168 Å². The van der Waals surface area contributed by atoms with Gasteiger partial charge in [0.25, 0.3) is 5.91 Å². The zero-order valence-electron chi connectivity index (χ0n) is 17.7. The first-order chi connectivity index (χ1) is 12.7. The number of unbranched alkanes of at least 4 members (excludes halogenated alkanes) is 1. The van der Waals surface area contributed by atoms with E-state index in [-0.39, 0.29) is 17.4 Å². The molecule has 0 aromatic heterocycles. The van der Waals surface area contributed by atoms with Gasteiger partial charge in [0.1, 0.15) is 0 Å². The van der Waals surface area contributed by atoms with Crippen LogP contribution < -0.4 is 15.4 Å². The molecule has 0 atom stereocenters. The van der Waals surface area contributed by atoms with Crippen LogP contribution in [0.3, 0.4) is 0 Å². The quantitative estimate of drug-likeness (QED) is 0.572. The molecule has 2 amide bonds. The van der Waals surface area contributed by atoms with Crippen molar-refractivity contribution < 1.29 is 18.0 Å². The van der Waals surface area contributed by atoms with Gasteiger partial charge in [-0.1, -0.05) is 0 Å². The number of amides is 2. The summed E-state index contributed by atoms with van der Waals surface area (Å²) < 4.78 is 25.6. The number of nitrogens with one attached hydrogen (secondary N) is 3. The predicted molar refractivity (Wildman–Crippen MR) is 113 cm³/mol. The summed E-state index contributed by atoms with van der Waals surface area (Å²) in [5.41, 5.74) is 0.829. The van der Waals surface area contributed by atoms with Crippen molar-refractivity contribution in [2.75, 3.05) is 11.9 Å². The first-order valence-corrected chi connectivity index (χ1v) is 10.9. The Hall–Kier alpha value is -1.93. The molecule has 158 valence electrons. The minimum absolute atomic E-state index is 0.148. The Morgan fingerprint density at radius 2 is 1.50 bits per heavy atom. The Bertz CT molecular complexity index is 773. The highest BCUT2D eigenvalue weighted by Crippen LogP contribution is 2.14. The second-order valence-electron chi connectivity index (χ2n) is 8.80. The summed E-state index contributed by atoms with van der Waals surface area (Å²) in [7, 11) is -3.35. The summed E-state index contributed by atoms with van der Waals surface area (Å²) in [6, 6.07) is 6.70. The van der Waals surface area contributed by atoms with Crippen molar-refractivity contribution in [3.8, 4) is 0 Å². The van der Waals surface area contributed by atoms with Gasteiger partial charge in [-0.2, -0.15) is 0 Å². The van der Waals surface area contributed by atoms with Crippen LogP contribution in [0.1, 0.15) is 71.2 Å². The van der Waals surface area contributed by atoms with Crippen LogP contribution in [0.15, 0.2) is 24.3 Å². The van der Waals surface area contributed by atoms with Gasteiger partial charge >= 0.3 is 0 Å². The standard InChI is InChI=1S/C20H33N3O4S/c1-19(2,3)23-18(25)15-10-12-16(13-11-15)22-17(24)9-7-8-14-21-28(26,27)20(4,5)6/h10-13,21H,7-9,14H2,1-6H3,(H,22,24)(H,23,25). The minimum Gasteiger partial charge on any atom is -0.347 e. The lowest BCUT2D eigenvalue weighted by atomic mass is 10.1. The Morgan fingerprint density at radius 3 is 2.00 bits per heavy atom. The molecule has 0 saturated heterocycles. The maximum atomic E-state index is 12.1. The summed E-state index contributed by atoms with van der Waals surface area (Å²) in [6.07, 6.45) is 1.45. The lowest BCUT2D eigenvalue weighted by Gasteiger charge is -2.20. The van der Waals surface area contributed by atoms with E-state index in [0.717, 1.165) is 0 Å². The third kappa shape index (κ3) is 8.39. The summed E-state index contributed by atoms with van der Waals surface area (Å²) in [4.78, 5) is 24.1. The van der Waals surface area contributed by atoms with E-state index in [1.54, 1.807) is 45.0 Å². The van der Waals surface area contributed by atoms with Crippen molar-refractivity contribution in [1.29, 1.82) is 0 Å². The average molecular weight is 412 g/mol. The first-order valence-electron chi connectivity index (χ1n) is 9.43. The van der Waals surface area contributed by atoms with Gasteiger partial charge in [0.15, 0.2) is 0 Å². The molecule has 1 aromatic rings. The summed E-state index contributed by atoms with van der Waals surface area (Å²) in [5, 5.41) is 5.66. The van der Waals surface area contributed by atoms with Crippen LogP contribution in [0.2, 0.25) is 0 Å². The summed E-state index contributed by atoms with van der Waals surface area (Å²) >= 11 is 0. The molecule has 0 bridgehead atoms. The van der Waals surface area contributed by atoms with E-state index < -0.39 is 14.8 Å². The van der Waals surface area contributed by atoms with Crippen molar-refractivity contribution in [3.63, 3.8) is 0 Å². The number of anilines is 1. The number of sulfonamides is 1. The molecule has 1 aromatic carbocycles. The lowest BCUT2D eigenvalue weighted by molar-refractivity contribution is -0.116. The topological polar surface area (TPSA) is 104 Å². The van der Waals surface area contributed by atoms with Gasteiger partial charge in [-0.05, 0) is 78.6 Å². The Kier molecular flexibility index (Phi) is 8.19. The van der Waals surface area contributed by atoms with Crippen LogP contribution in [0.25, 0.3) is 0 Å². The normalized spacial score (nSPS) is 12.5. The SMILES string of the molecule is CC(C)(C)NC(=O)c1ccc(NC(=O)CCCCNS(=O)(=O)C(C)(C)C)cc1. The zero-order chi connectivity index (χ0) is 21.6. The fourth-order valence-electron chi connectivity index (χ4n) is 2.17. The summed E-state index contributed by atoms with van der Waals surface area (Å²) in [6.45, 7) is 11.0. The van der Waals surface area contributed by atoms with E-state index in [9.17, 15) is 18.0 Å². The number of carbonyl (C=O) groups is 2. The van der Waals surface area contributed by atoms with Crippen LogP contribution in [0.5, 0.6) is 0 Å². The van der Waals surface area contributed by atoms with Crippen molar-refractivity contribution in [3.05, 3.63) is 29.8 Å². The van der Waals surface area contributed by atoms with Crippen molar-refractivity contribution in [2.45, 2.75) is 71.1 Å². The van der Waals surface area contributed by atoms with Crippen molar-refractivity contribution >= 4 is 27.5 Å². The van der Waals surface area contributed by atoms with E-state index in [1.807, 2.05) is 20.8 Å². The molecule has 0 aliphatic heterocycles. The van der Waals surface area contributed by atoms with Crippen LogP contribution in [-0.4, -0.2) is 37.1 Å². The van der Waals surface area contributed by atoms with Gasteiger partial charge in [0, 0.05) is 29.8 Å². The molecular formula is C20H33N3O4S.